The maximum atomic E-state index is 11.7. The third kappa shape index (κ3) is 8.28. The lowest BCUT2D eigenvalue weighted by Gasteiger charge is -2.19. The standard InChI is InChI=1S/C15H27N5O2/c1-5-16-14(18-12-13(21)22-15(2,3)4)17-8-6-10-20-11-7-9-19-20/h7,9,11H,5-6,8,10,12H2,1-4H3,(H2,16,17,18). The molecule has 0 radical (unpaired) electrons. The lowest BCUT2D eigenvalue weighted by atomic mass is 10.2. The Bertz CT molecular complexity index is 463. The third-order valence-electron chi connectivity index (χ3n) is 2.55. The highest BCUT2D eigenvalue weighted by molar-refractivity contribution is 5.83. The summed E-state index contributed by atoms with van der Waals surface area (Å²) in [6.45, 7) is 9.83. The molecule has 0 bridgehead atoms. The number of aromatic nitrogens is 2. The van der Waals surface area contributed by atoms with Gasteiger partial charge in [-0.3, -0.25) is 9.48 Å². The number of aliphatic imine (C=N–C) groups is 1. The maximum absolute atomic E-state index is 11.7. The Morgan fingerprint density at radius 3 is 2.73 bits per heavy atom. The maximum Gasteiger partial charge on any atom is 0.328 e. The molecular formula is C15H27N5O2. The SMILES string of the molecule is CCNC(=NCC(=O)OC(C)(C)C)NCCCn1cccn1. The van der Waals surface area contributed by atoms with Crippen molar-refractivity contribution in [2.45, 2.75) is 46.3 Å². The fraction of sp³-hybridized carbons (Fsp3) is 0.667. The van der Waals surface area contributed by atoms with E-state index in [1.807, 2.05) is 44.6 Å². The van der Waals surface area contributed by atoms with Crippen LogP contribution in [0.15, 0.2) is 23.5 Å². The fourth-order valence-corrected chi connectivity index (χ4v) is 1.74. The van der Waals surface area contributed by atoms with Gasteiger partial charge in [0, 0.05) is 32.0 Å². The number of guanidine groups is 1. The van der Waals surface area contributed by atoms with Gasteiger partial charge in [-0.15, -0.1) is 0 Å². The Hall–Kier alpha value is -2.05. The molecule has 0 aliphatic rings. The quantitative estimate of drug-likeness (QED) is 0.342. The summed E-state index contributed by atoms with van der Waals surface area (Å²) in [7, 11) is 0. The lowest BCUT2D eigenvalue weighted by molar-refractivity contribution is -0.152. The highest BCUT2D eigenvalue weighted by Crippen LogP contribution is 2.06. The second kappa shape index (κ2) is 9.07. The zero-order valence-electron chi connectivity index (χ0n) is 13.9. The van der Waals surface area contributed by atoms with E-state index in [4.69, 9.17) is 4.74 Å². The first kappa shape index (κ1) is 18.0. The molecule has 0 saturated carbocycles. The number of nitrogens with zero attached hydrogens (tertiary/aromatic N) is 3. The molecule has 0 aliphatic carbocycles. The minimum Gasteiger partial charge on any atom is -0.459 e. The number of ether oxygens (including phenoxy) is 1. The van der Waals surface area contributed by atoms with Gasteiger partial charge in [0.05, 0.1) is 0 Å². The van der Waals surface area contributed by atoms with Crippen LogP contribution >= 0.6 is 0 Å². The van der Waals surface area contributed by atoms with Crippen molar-refractivity contribution in [1.82, 2.24) is 20.4 Å². The Kier molecular flexibility index (Phi) is 7.42. The smallest absolute Gasteiger partial charge is 0.328 e. The molecule has 1 aromatic heterocycles. The van der Waals surface area contributed by atoms with Crippen molar-refractivity contribution < 1.29 is 9.53 Å². The van der Waals surface area contributed by atoms with Crippen molar-refractivity contribution in [3.8, 4) is 0 Å². The molecule has 1 rings (SSSR count). The molecule has 124 valence electrons. The topological polar surface area (TPSA) is 80.5 Å². The molecule has 7 nitrogen and oxygen atoms in total. The van der Waals surface area contributed by atoms with Crippen LogP contribution in [0.4, 0.5) is 0 Å². The van der Waals surface area contributed by atoms with Gasteiger partial charge in [-0.05, 0) is 40.2 Å². The van der Waals surface area contributed by atoms with E-state index in [1.54, 1.807) is 6.20 Å². The number of esters is 1. The van der Waals surface area contributed by atoms with E-state index in [-0.39, 0.29) is 12.5 Å². The largest absolute Gasteiger partial charge is 0.459 e. The molecule has 0 spiro atoms. The van der Waals surface area contributed by atoms with Crippen LogP contribution in [0.3, 0.4) is 0 Å². The number of rotatable bonds is 7. The van der Waals surface area contributed by atoms with Crippen molar-refractivity contribution in [3.63, 3.8) is 0 Å². The monoisotopic (exact) mass is 309 g/mol. The summed E-state index contributed by atoms with van der Waals surface area (Å²) in [6.07, 6.45) is 4.61. The minimum atomic E-state index is -0.484. The van der Waals surface area contributed by atoms with Gasteiger partial charge in [0.25, 0.3) is 0 Å². The second-order valence-electron chi connectivity index (χ2n) is 5.83. The van der Waals surface area contributed by atoms with Crippen LogP contribution in [0.25, 0.3) is 0 Å². The third-order valence-corrected chi connectivity index (χ3v) is 2.55. The summed E-state index contributed by atoms with van der Waals surface area (Å²) in [5.74, 6) is 0.287. The van der Waals surface area contributed by atoms with Gasteiger partial charge in [0.1, 0.15) is 12.1 Å². The van der Waals surface area contributed by atoms with Crippen LogP contribution in [0.1, 0.15) is 34.1 Å². The van der Waals surface area contributed by atoms with Crippen molar-refractivity contribution in [3.05, 3.63) is 18.5 Å². The summed E-state index contributed by atoms with van der Waals surface area (Å²) in [5, 5.41) is 10.4. The lowest BCUT2D eigenvalue weighted by Crippen LogP contribution is -2.38. The average Bonchev–Trinajstić information content (AvgIpc) is 2.92. The zero-order valence-corrected chi connectivity index (χ0v) is 13.9. The van der Waals surface area contributed by atoms with Gasteiger partial charge in [0.2, 0.25) is 0 Å². The van der Waals surface area contributed by atoms with Crippen molar-refractivity contribution in [1.29, 1.82) is 0 Å². The number of aryl methyl sites for hydroxylation is 1. The van der Waals surface area contributed by atoms with E-state index < -0.39 is 5.60 Å². The molecule has 0 saturated heterocycles. The van der Waals surface area contributed by atoms with E-state index in [0.717, 1.165) is 26.1 Å². The molecule has 0 fully saturated rings. The molecule has 7 heteroatoms. The highest BCUT2D eigenvalue weighted by Gasteiger charge is 2.15. The van der Waals surface area contributed by atoms with Crippen LogP contribution in [0.2, 0.25) is 0 Å². The van der Waals surface area contributed by atoms with Crippen molar-refractivity contribution in [2.24, 2.45) is 4.99 Å². The average molecular weight is 309 g/mol. The minimum absolute atomic E-state index is 0.00571. The molecule has 22 heavy (non-hydrogen) atoms. The van der Waals surface area contributed by atoms with Gasteiger partial charge in [-0.1, -0.05) is 0 Å². The summed E-state index contributed by atoms with van der Waals surface area (Å²) in [6, 6.07) is 1.90. The molecule has 0 aliphatic heterocycles. The number of carbonyl (C=O) groups is 1. The first-order valence-electron chi connectivity index (χ1n) is 7.62. The summed E-state index contributed by atoms with van der Waals surface area (Å²) in [4.78, 5) is 15.9. The Morgan fingerprint density at radius 1 is 1.36 bits per heavy atom. The number of hydrogen-bond donors (Lipinski definition) is 2. The van der Waals surface area contributed by atoms with Gasteiger partial charge in [-0.25, -0.2) is 4.99 Å². The highest BCUT2D eigenvalue weighted by atomic mass is 16.6. The Labute approximate surface area is 132 Å². The first-order chi connectivity index (χ1) is 10.4. The summed E-state index contributed by atoms with van der Waals surface area (Å²) in [5.41, 5.74) is -0.484. The second-order valence-corrected chi connectivity index (χ2v) is 5.83. The van der Waals surface area contributed by atoms with E-state index in [0.29, 0.717) is 5.96 Å². The number of carbonyl (C=O) groups excluding carboxylic acids is 1. The molecule has 2 N–H and O–H groups in total. The molecule has 1 heterocycles. The van der Waals surface area contributed by atoms with E-state index >= 15 is 0 Å². The summed E-state index contributed by atoms with van der Waals surface area (Å²) >= 11 is 0. The molecule has 0 aromatic carbocycles. The van der Waals surface area contributed by atoms with Crippen LogP contribution in [-0.4, -0.2) is 46.9 Å². The van der Waals surface area contributed by atoms with E-state index in [2.05, 4.69) is 20.7 Å². The Morgan fingerprint density at radius 2 is 2.14 bits per heavy atom. The van der Waals surface area contributed by atoms with Crippen molar-refractivity contribution >= 4 is 11.9 Å². The van der Waals surface area contributed by atoms with Crippen LogP contribution in [-0.2, 0) is 16.1 Å². The zero-order chi connectivity index (χ0) is 16.4. The van der Waals surface area contributed by atoms with Gasteiger partial charge in [0.15, 0.2) is 5.96 Å². The van der Waals surface area contributed by atoms with Gasteiger partial charge < -0.3 is 15.4 Å². The molecule has 0 unspecified atom stereocenters. The van der Waals surface area contributed by atoms with Crippen LogP contribution in [0.5, 0.6) is 0 Å². The Balaban J connectivity index is 2.33. The molecular weight excluding hydrogens is 282 g/mol. The van der Waals surface area contributed by atoms with E-state index in [1.165, 1.54) is 0 Å². The number of hydrogen-bond acceptors (Lipinski definition) is 4. The first-order valence-corrected chi connectivity index (χ1v) is 7.62. The van der Waals surface area contributed by atoms with Crippen LogP contribution in [0, 0.1) is 0 Å². The van der Waals surface area contributed by atoms with Crippen molar-refractivity contribution in [2.75, 3.05) is 19.6 Å². The molecule has 0 amide bonds. The van der Waals surface area contributed by atoms with Crippen LogP contribution < -0.4 is 10.6 Å². The van der Waals surface area contributed by atoms with Gasteiger partial charge >= 0.3 is 5.97 Å². The predicted molar refractivity (Wildman–Crippen MR) is 86.7 cm³/mol. The normalized spacial score (nSPS) is 12.1. The van der Waals surface area contributed by atoms with E-state index in [9.17, 15) is 4.79 Å². The molecule has 1 aromatic rings. The predicted octanol–water partition coefficient (Wildman–Crippen LogP) is 1.17. The number of nitrogens with one attached hydrogen (secondary N) is 2. The summed E-state index contributed by atoms with van der Waals surface area (Å²) < 4.78 is 7.11. The fourth-order valence-electron chi connectivity index (χ4n) is 1.74. The molecule has 0 atom stereocenters. The van der Waals surface area contributed by atoms with Gasteiger partial charge in [-0.2, -0.15) is 5.10 Å².